The van der Waals surface area contributed by atoms with Crippen molar-refractivity contribution in [3.05, 3.63) is 64.1 Å². The summed E-state index contributed by atoms with van der Waals surface area (Å²) < 4.78 is 0.527. The van der Waals surface area contributed by atoms with E-state index in [1.165, 1.54) is 24.2 Å². The molecule has 2 aromatic rings. The average Bonchev–Trinajstić information content (AvgIpc) is 2.85. The fourth-order valence-corrected chi connectivity index (χ4v) is 3.87. The van der Waals surface area contributed by atoms with Crippen LogP contribution < -0.4 is 10.2 Å². The first-order valence-corrected chi connectivity index (χ1v) is 9.30. The van der Waals surface area contributed by atoms with Crippen LogP contribution in [-0.4, -0.2) is 16.1 Å². The van der Waals surface area contributed by atoms with E-state index in [0.29, 0.717) is 9.23 Å². The Kier molecular flexibility index (Phi) is 5.25. The van der Waals surface area contributed by atoms with Gasteiger partial charge in [0.05, 0.1) is 10.6 Å². The van der Waals surface area contributed by atoms with Crippen molar-refractivity contribution in [2.45, 2.75) is 20.8 Å². The Hall–Kier alpha value is -2.44. The fourth-order valence-electron chi connectivity index (χ4n) is 2.57. The molecule has 26 heavy (non-hydrogen) atoms. The second-order valence-electron chi connectivity index (χ2n) is 6.09. The van der Waals surface area contributed by atoms with Crippen molar-refractivity contribution in [3.8, 4) is 0 Å². The number of benzene rings is 2. The quantitative estimate of drug-likeness (QED) is 0.619. The van der Waals surface area contributed by atoms with E-state index in [4.69, 9.17) is 12.2 Å². The molecule has 3 rings (SSSR count). The zero-order chi connectivity index (χ0) is 18.8. The number of thioether (sulfide) groups is 1. The van der Waals surface area contributed by atoms with Crippen molar-refractivity contribution in [2.24, 2.45) is 0 Å². The summed E-state index contributed by atoms with van der Waals surface area (Å²) in [6.45, 7) is 5.52. The molecule has 1 aliphatic rings. The highest BCUT2D eigenvalue weighted by atomic mass is 32.2. The van der Waals surface area contributed by atoms with E-state index in [9.17, 15) is 9.59 Å². The van der Waals surface area contributed by atoms with Gasteiger partial charge in [0.25, 0.3) is 5.91 Å². The smallest absolute Gasteiger partial charge is 0.270 e. The van der Waals surface area contributed by atoms with Crippen molar-refractivity contribution in [2.75, 3.05) is 10.2 Å². The van der Waals surface area contributed by atoms with Gasteiger partial charge in [-0.15, -0.1) is 0 Å². The summed E-state index contributed by atoms with van der Waals surface area (Å²) in [5, 5.41) is 2.72. The summed E-state index contributed by atoms with van der Waals surface area (Å²) in [6, 6.07) is 13.2. The van der Waals surface area contributed by atoms with E-state index in [-0.39, 0.29) is 11.8 Å². The lowest BCUT2D eigenvalue weighted by molar-refractivity contribution is -0.114. The minimum Gasteiger partial charge on any atom is -0.326 e. The summed E-state index contributed by atoms with van der Waals surface area (Å²) in [7, 11) is 0. The summed E-state index contributed by atoms with van der Waals surface area (Å²) >= 11 is 6.71. The van der Waals surface area contributed by atoms with Crippen LogP contribution in [0.3, 0.4) is 0 Å². The van der Waals surface area contributed by atoms with E-state index in [0.717, 1.165) is 22.5 Å². The number of thiocarbonyl (C=S) groups is 1. The zero-order valence-corrected chi connectivity index (χ0v) is 16.3. The number of carbonyl (C=O) groups is 2. The van der Waals surface area contributed by atoms with Gasteiger partial charge in [-0.05, 0) is 60.9 Å². The molecule has 2 aromatic carbocycles. The van der Waals surface area contributed by atoms with Crippen molar-refractivity contribution in [3.63, 3.8) is 0 Å². The molecule has 1 fully saturated rings. The number of nitrogens with one attached hydrogen (secondary N) is 1. The molecule has 2 amide bonds. The maximum Gasteiger partial charge on any atom is 0.270 e. The van der Waals surface area contributed by atoms with Gasteiger partial charge in [-0.3, -0.25) is 14.5 Å². The third-order valence-electron chi connectivity index (χ3n) is 4.07. The molecule has 0 spiro atoms. The largest absolute Gasteiger partial charge is 0.326 e. The van der Waals surface area contributed by atoms with Crippen LogP contribution in [0.4, 0.5) is 11.4 Å². The van der Waals surface area contributed by atoms with Crippen LogP contribution in [0, 0.1) is 13.8 Å². The SMILES string of the molecule is CC(=O)Nc1ccc(/C=C2\SC(=S)N(c3ccc(C)c(C)c3)C2=O)cc1. The molecule has 1 heterocycles. The molecule has 1 N–H and O–H groups in total. The normalized spacial score (nSPS) is 15.7. The number of rotatable bonds is 3. The predicted molar refractivity (Wildman–Crippen MR) is 112 cm³/mol. The molecule has 1 aliphatic heterocycles. The Morgan fingerprint density at radius 3 is 2.42 bits per heavy atom. The van der Waals surface area contributed by atoms with Crippen molar-refractivity contribution < 1.29 is 9.59 Å². The number of hydrogen-bond donors (Lipinski definition) is 1. The molecule has 1 saturated heterocycles. The Morgan fingerprint density at radius 2 is 1.81 bits per heavy atom. The Labute approximate surface area is 162 Å². The molecular weight excluding hydrogens is 364 g/mol. The molecular formula is C20H18N2O2S2. The van der Waals surface area contributed by atoms with Crippen LogP contribution in [0.5, 0.6) is 0 Å². The van der Waals surface area contributed by atoms with Crippen LogP contribution in [0.15, 0.2) is 47.4 Å². The molecule has 0 saturated carbocycles. The summed E-state index contributed by atoms with van der Waals surface area (Å²) in [5.41, 5.74) is 4.68. The van der Waals surface area contributed by atoms with Gasteiger partial charge in [-0.25, -0.2) is 0 Å². The minimum absolute atomic E-state index is 0.116. The molecule has 0 aliphatic carbocycles. The Balaban J connectivity index is 1.85. The lowest BCUT2D eigenvalue weighted by atomic mass is 10.1. The van der Waals surface area contributed by atoms with Crippen LogP contribution >= 0.6 is 24.0 Å². The molecule has 0 bridgehead atoms. The number of nitrogens with zero attached hydrogens (tertiary/aromatic N) is 1. The summed E-state index contributed by atoms with van der Waals surface area (Å²) in [4.78, 5) is 26.1. The highest BCUT2D eigenvalue weighted by molar-refractivity contribution is 8.27. The standard InChI is InChI=1S/C20H18N2O2S2/c1-12-4-9-17(10-13(12)2)22-19(24)18(26-20(22)25)11-15-5-7-16(8-6-15)21-14(3)23/h4-11H,1-3H3,(H,21,23)/b18-11-. The first-order valence-electron chi connectivity index (χ1n) is 8.08. The van der Waals surface area contributed by atoms with Crippen molar-refractivity contribution >= 4 is 57.6 Å². The third kappa shape index (κ3) is 3.86. The van der Waals surface area contributed by atoms with E-state index < -0.39 is 0 Å². The van der Waals surface area contributed by atoms with Gasteiger partial charge >= 0.3 is 0 Å². The highest BCUT2D eigenvalue weighted by Gasteiger charge is 2.33. The monoisotopic (exact) mass is 382 g/mol. The van der Waals surface area contributed by atoms with Gasteiger partial charge in [0.2, 0.25) is 5.91 Å². The van der Waals surface area contributed by atoms with Gasteiger partial charge in [-0.1, -0.05) is 42.2 Å². The Bertz CT molecular complexity index is 933. The molecule has 0 atom stereocenters. The maximum atomic E-state index is 12.8. The second-order valence-corrected chi connectivity index (χ2v) is 7.76. The number of aryl methyl sites for hydroxylation is 2. The van der Waals surface area contributed by atoms with Crippen molar-refractivity contribution in [1.29, 1.82) is 0 Å². The van der Waals surface area contributed by atoms with Crippen LogP contribution in [0.2, 0.25) is 0 Å². The molecule has 0 aromatic heterocycles. The first-order chi connectivity index (χ1) is 12.3. The fraction of sp³-hybridized carbons (Fsp3) is 0.150. The minimum atomic E-state index is -0.119. The zero-order valence-electron chi connectivity index (χ0n) is 14.7. The van der Waals surface area contributed by atoms with Gasteiger partial charge in [0, 0.05) is 12.6 Å². The van der Waals surface area contributed by atoms with E-state index in [1.807, 2.05) is 50.3 Å². The summed E-state index contributed by atoms with van der Waals surface area (Å²) in [5.74, 6) is -0.235. The average molecular weight is 383 g/mol. The lowest BCUT2D eigenvalue weighted by Crippen LogP contribution is -2.27. The molecule has 4 nitrogen and oxygen atoms in total. The number of carbonyl (C=O) groups excluding carboxylic acids is 2. The van der Waals surface area contributed by atoms with E-state index in [2.05, 4.69) is 5.32 Å². The number of hydrogen-bond acceptors (Lipinski definition) is 4. The van der Waals surface area contributed by atoms with E-state index >= 15 is 0 Å². The van der Waals surface area contributed by atoms with Crippen molar-refractivity contribution in [1.82, 2.24) is 0 Å². The third-order valence-corrected chi connectivity index (χ3v) is 5.37. The first kappa shape index (κ1) is 18.4. The lowest BCUT2D eigenvalue weighted by Gasteiger charge is -2.15. The molecule has 0 radical (unpaired) electrons. The topological polar surface area (TPSA) is 49.4 Å². The second kappa shape index (κ2) is 7.43. The maximum absolute atomic E-state index is 12.8. The van der Waals surface area contributed by atoms with Crippen LogP contribution in [0.1, 0.15) is 23.6 Å². The highest BCUT2D eigenvalue weighted by Crippen LogP contribution is 2.36. The molecule has 0 unspecified atom stereocenters. The Morgan fingerprint density at radius 1 is 1.12 bits per heavy atom. The number of amides is 2. The van der Waals surface area contributed by atoms with E-state index in [1.54, 1.807) is 17.0 Å². The molecule has 6 heteroatoms. The molecule has 132 valence electrons. The van der Waals surface area contributed by atoms with Crippen LogP contribution in [0.25, 0.3) is 6.08 Å². The van der Waals surface area contributed by atoms with Crippen LogP contribution in [-0.2, 0) is 9.59 Å². The van der Waals surface area contributed by atoms with Gasteiger partial charge < -0.3 is 5.32 Å². The summed E-state index contributed by atoms with van der Waals surface area (Å²) in [6.07, 6.45) is 1.82. The van der Waals surface area contributed by atoms with Gasteiger partial charge in [0.1, 0.15) is 0 Å². The predicted octanol–water partition coefficient (Wildman–Crippen LogP) is 4.67. The van der Waals surface area contributed by atoms with Gasteiger partial charge in [-0.2, -0.15) is 0 Å². The van der Waals surface area contributed by atoms with Gasteiger partial charge in [0.15, 0.2) is 4.32 Å². The number of anilines is 2.